The summed E-state index contributed by atoms with van der Waals surface area (Å²) in [6, 6.07) is 5.23. The summed E-state index contributed by atoms with van der Waals surface area (Å²) in [5, 5.41) is 3.34. The fourth-order valence-electron chi connectivity index (χ4n) is 0.994. The van der Waals surface area contributed by atoms with Gasteiger partial charge in [0.2, 0.25) is 0 Å². The lowest BCUT2D eigenvalue weighted by molar-refractivity contribution is 0.112. The van der Waals surface area contributed by atoms with E-state index in [9.17, 15) is 4.79 Å². The van der Waals surface area contributed by atoms with Gasteiger partial charge in [-0.05, 0) is 19.2 Å². The van der Waals surface area contributed by atoms with E-state index in [-0.39, 0.29) is 0 Å². The van der Waals surface area contributed by atoms with Crippen molar-refractivity contribution in [1.29, 1.82) is 0 Å². The summed E-state index contributed by atoms with van der Waals surface area (Å²) in [4.78, 5) is 10.7. The average molecular weight is 208 g/mol. The number of aldehydes is 1. The van der Waals surface area contributed by atoms with E-state index >= 15 is 0 Å². The van der Waals surface area contributed by atoms with E-state index < -0.39 is 0 Å². The number of hydrogen-bond donors (Lipinski definition) is 1. The lowest BCUT2D eigenvalue weighted by Crippen LogP contribution is -2.04. The van der Waals surface area contributed by atoms with E-state index in [0.29, 0.717) is 22.7 Å². The van der Waals surface area contributed by atoms with Crippen molar-refractivity contribution in [2.75, 3.05) is 13.6 Å². The Kier molecular flexibility index (Phi) is 4.18. The highest BCUT2D eigenvalue weighted by atomic mass is 35.5. The normalized spacial score (nSPS) is 9.00. The van der Waals surface area contributed by atoms with Crippen LogP contribution in [0.3, 0.4) is 0 Å². The number of carbonyl (C=O) groups excluding carboxylic acids is 1. The molecular formula is C11H10ClNO. The van der Waals surface area contributed by atoms with E-state index in [1.807, 2.05) is 7.05 Å². The molecule has 1 N–H and O–H groups in total. The van der Waals surface area contributed by atoms with Crippen molar-refractivity contribution >= 4 is 17.9 Å². The molecule has 0 saturated heterocycles. The molecule has 0 saturated carbocycles. The lowest BCUT2D eigenvalue weighted by atomic mass is 10.1. The quantitative estimate of drug-likeness (QED) is 0.591. The molecule has 0 aliphatic heterocycles. The topological polar surface area (TPSA) is 29.1 Å². The van der Waals surface area contributed by atoms with Crippen LogP contribution in [0.25, 0.3) is 0 Å². The minimum Gasteiger partial charge on any atom is -0.309 e. The number of nitrogens with one attached hydrogen (secondary N) is 1. The van der Waals surface area contributed by atoms with Crippen molar-refractivity contribution in [3.05, 3.63) is 34.3 Å². The van der Waals surface area contributed by atoms with Gasteiger partial charge in [-0.15, -0.1) is 0 Å². The molecule has 1 rings (SSSR count). The monoisotopic (exact) mass is 207 g/mol. The molecule has 0 spiro atoms. The minimum atomic E-state index is 0.441. The van der Waals surface area contributed by atoms with Crippen LogP contribution in [-0.4, -0.2) is 19.9 Å². The van der Waals surface area contributed by atoms with Gasteiger partial charge in [0.15, 0.2) is 6.29 Å². The van der Waals surface area contributed by atoms with Crippen LogP contribution in [0.15, 0.2) is 18.2 Å². The SMILES string of the molecule is CNCC#Cc1cccc(Cl)c1C=O. The fraction of sp³-hybridized carbons (Fsp3) is 0.182. The van der Waals surface area contributed by atoms with E-state index in [0.717, 1.165) is 6.29 Å². The number of rotatable bonds is 2. The van der Waals surface area contributed by atoms with Gasteiger partial charge in [0, 0.05) is 11.1 Å². The van der Waals surface area contributed by atoms with Gasteiger partial charge in [-0.25, -0.2) is 0 Å². The first-order chi connectivity index (χ1) is 6.79. The predicted octanol–water partition coefficient (Wildman–Crippen LogP) is 1.72. The van der Waals surface area contributed by atoms with Crippen molar-refractivity contribution in [1.82, 2.24) is 5.32 Å². The van der Waals surface area contributed by atoms with Crippen LogP contribution in [0, 0.1) is 11.8 Å². The first-order valence-corrected chi connectivity index (χ1v) is 4.54. The van der Waals surface area contributed by atoms with Gasteiger partial charge < -0.3 is 5.32 Å². The number of benzene rings is 1. The number of halogens is 1. The molecule has 2 nitrogen and oxygen atoms in total. The maximum Gasteiger partial charge on any atom is 0.152 e. The van der Waals surface area contributed by atoms with Crippen LogP contribution in [0.1, 0.15) is 15.9 Å². The summed E-state index contributed by atoms with van der Waals surface area (Å²) < 4.78 is 0. The summed E-state index contributed by atoms with van der Waals surface area (Å²) >= 11 is 5.83. The molecule has 0 atom stereocenters. The molecular weight excluding hydrogens is 198 g/mol. The Morgan fingerprint density at radius 3 is 3.00 bits per heavy atom. The van der Waals surface area contributed by atoms with E-state index in [1.54, 1.807) is 18.2 Å². The maximum absolute atomic E-state index is 10.7. The Hall–Kier alpha value is -1.30. The third-order valence-corrected chi connectivity index (χ3v) is 1.99. The van der Waals surface area contributed by atoms with Crippen LogP contribution in [0.4, 0.5) is 0 Å². The Morgan fingerprint density at radius 1 is 1.57 bits per heavy atom. The van der Waals surface area contributed by atoms with Crippen LogP contribution >= 0.6 is 11.6 Å². The van der Waals surface area contributed by atoms with Crippen LogP contribution in [-0.2, 0) is 0 Å². The Bertz CT molecular complexity index is 390. The molecule has 1 aromatic rings. The molecule has 0 bridgehead atoms. The number of hydrogen-bond acceptors (Lipinski definition) is 2. The van der Waals surface area contributed by atoms with Crippen LogP contribution < -0.4 is 5.32 Å². The molecule has 0 aliphatic rings. The van der Waals surface area contributed by atoms with Gasteiger partial charge in [-0.3, -0.25) is 4.79 Å². The first-order valence-electron chi connectivity index (χ1n) is 4.16. The molecule has 0 aromatic heterocycles. The third-order valence-electron chi connectivity index (χ3n) is 1.66. The van der Waals surface area contributed by atoms with E-state index in [1.165, 1.54) is 0 Å². The van der Waals surface area contributed by atoms with Gasteiger partial charge >= 0.3 is 0 Å². The standard InChI is InChI=1S/C11H10ClNO/c1-13-7-3-5-9-4-2-6-11(12)10(9)8-14/h2,4,6,8,13H,7H2,1H3. The first kappa shape index (κ1) is 10.8. The molecule has 1 aromatic carbocycles. The maximum atomic E-state index is 10.7. The highest BCUT2D eigenvalue weighted by molar-refractivity contribution is 6.33. The Morgan fingerprint density at radius 2 is 2.36 bits per heavy atom. The molecule has 0 unspecified atom stereocenters. The van der Waals surface area contributed by atoms with Crippen molar-refractivity contribution in [3.8, 4) is 11.8 Å². The second-order valence-corrected chi connectivity index (χ2v) is 3.06. The highest BCUT2D eigenvalue weighted by Crippen LogP contribution is 2.16. The second kappa shape index (κ2) is 5.43. The summed E-state index contributed by atoms with van der Waals surface area (Å²) in [6.07, 6.45) is 0.728. The molecule has 0 heterocycles. The molecule has 0 radical (unpaired) electrons. The summed E-state index contributed by atoms with van der Waals surface area (Å²) in [6.45, 7) is 0.588. The average Bonchev–Trinajstić information content (AvgIpc) is 2.18. The lowest BCUT2D eigenvalue weighted by Gasteiger charge is -1.98. The fourth-order valence-corrected chi connectivity index (χ4v) is 1.21. The zero-order chi connectivity index (χ0) is 10.4. The van der Waals surface area contributed by atoms with Crippen molar-refractivity contribution in [2.24, 2.45) is 0 Å². The van der Waals surface area contributed by atoms with E-state index in [4.69, 9.17) is 11.6 Å². The zero-order valence-electron chi connectivity index (χ0n) is 7.80. The van der Waals surface area contributed by atoms with Gasteiger partial charge in [-0.1, -0.05) is 29.5 Å². The zero-order valence-corrected chi connectivity index (χ0v) is 8.56. The van der Waals surface area contributed by atoms with Crippen LogP contribution in [0.2, 0.25) is 5.02 Å². The van der Waals surface area contributed by atoms with Gasteiger partial charge in [0.1, 0.15) is 0 Å². The van der Waals surface area contributed by atoms with Gasteiger partial charge in [0.05, 0.1) is 11.6 Å². The molecule has 72 valence electrons. The predicted molar refractivity (Wildman–Crippen MR) is 57.6 cm³/mol. The van der Waals surface area contributed by atoms with Crippen molar-refractivity contribution in [3.63, 3.8) is 0 Å². The third kappa shape index (κ3) is 2.59. The number of carbonyl (C=O) groups is 1. The summed E-state index contributed by atoms with van der Waals surface area (Å²) in [7, 11) is 1.81. The van der Waals surface area contributed by atoms with Crippen LogP contribution in [0.5, 0.6) is 0 Å². The molecule has 3 heteroatoms. The molecule has 0 amide bonds. The highest BCUT2D eigenvalue weighted by Gasteiger charge is 2.02. The smallest absolute Gasteiger partial charge is 0.152 e. The Balaban J connectivity index is 3.04. The summed E-state index contributed by atoms with van der Waals surface area (Å²) in [5.74, 6) is 5.75. The van der Waals surface area contributed by atoms with Crippen molar-refractivity contribution < 1.29 is 4.79 Å². The van der Waals surface area contributed by atoms with Gasteiger partial charge in [0.25, 0.3) is 0 Å². The van der Waals surface area contributed by atoms with Crippen molar-refractivity contribution in [2.45, 2.75) is 0 Å². The Labute approximate surface area is 88.3 Å². The molecule has 0 aliphatic carbocycles. The van der Waals surface area contributed by atoms with E-state index in [2.05, 4.69) is 17.2 Å². The molecule has 14 heavy (non-hydrogen) atoms. The summed E-state index contributed by atoms with van der Waals surface area (Å²) in [5.41, 5.74) is 1.13. The minimum absolute atomic E-state index is 0.441. The molecule has 0 fully saturated rings. The van der Waals surface area contributed by atoms with Gasteiger partial charge in [-0.2, -0.15) is 0 Å². The largest absolute Gasteiger partial charge is 0.309 e. The second-order valence-electron chi connectivity index (χ2n) is 2.65.